The summed E-state index contributed by atoms with van der Waals surface area (Å²) in [5, 5.41) is 3.78. The lowest BCUT2D eigenvalue weighted by molar-refractivity contribution is 0.102. The van der Waals surface area contributed by atoms with E-state index in [0.29, 0.717) is 5.69 Å². The van der Waals surface area contributed by atoms with Crippen LogP contribution in [0.2, 0.25) is 0 Å². The Morgan fingerprint density at radius 1 is 1.04 bits per heavy atom. The number of rotatable bonds is 4. The standard InChI is InChI=1S/C19H19N3OS/c1-13-17(21-19(24-13)14-7-5-4-6-8-14)18(23)20-15-9-11-16(12-10-15)22(2)3/h4-12H,1-3H3,(H,20,23). The van der Waals surface area contributed by atoms with Crippen LogP contribution in [0.3, 0.4) is 0 Å². The van der Waals surface area contributed by atoms with Crippen molar-refractivity contribution in [3.63, 3.8) is 0 Å². The second-order valence-corrected chi connectivity index (χ2v) is 6.89. The van der Waals surface area contributed by atoms with Gasteiger partial charge in [-0.25, -0.2) is 4.98 Å². The summed E-state index contributed by atoms with van der Waals surface area (Å²) in [6.45, 7) is 1.92. The fraction of sp³-hybridized carbons (Fsp3) is 0.158. The first-order valence-electron chi connectivity index (χ1n) is 7.66. The molecule has 5 heteroatoms. The van der Waals surface area contributed by atoms with Crippen molar-refractivity contribution in [1.29, 1.82) is 0 Å². The van der Waals surface area contributed by atoms with Gasteiger partial charge in [0.1, 0.15) is 10.7 Å². The zero-order valence-electron chi connectivity index (χ0n) is 13.9. The van der Waals surface area contributed by atoms with E-state index in [9.17, 15) is 4.79 Å². The van der Waals surface area contributed by atoms with Gasteiger partial charge in [0.25, 0.3) is 5.91 Å². The normalized spacial score (nSPS) is 10.5. The van der Waals surface area contributed by atoms with Crippen LogP contribution in [0.25, 0.3) is 10.6 Å². The van der Waals surface area contributed by atoms with Gasteiger partial charge in [-0.15, -0.1) is 11.3 Å². The van der Waals surface area contributed by atoms with Crippen molar-refractivity contribution >= 4 is 28.6 Å². The van der Waals surface area contributed by atoms with Crippen LogP contribution >= 0.6 is 11.3 Å². The third-order valence-electron chi connectivity index (χ3n) is 3.67. The highest BCUT2D eigenvalue weighted by molar-refractivity contribution is 7.15. The second kappa shape index (κ2) is 6.84. The molecule has 1 heterocycles. The van der Waals surface area contributed by atoms with Crippen LogP contribution in [0.4, 0.5) is 11.4 Å². The van der Waals surface area contributed by atoms with Gasteiger partial charge in [0.05, 0.1) is 0 Å². The van der Waals surface area contributed by atoms with Crippen molar-refractivity contribution in [2.45, 2.75) is 6.92 Å². The van der Waals surface area contributed by atoms with Crippen molar-refractivity contribution in [3.8, 4) is 10.6 Å². The van der Waals surface area contributed by atoms with Gasteiger partial charge in [-0.1, -0.05) is 30.3 Å². The molecule has 0 bridgehead atoms. The highest BCUT2D eigenvalue weighted by Crippen LogP contribution is 2.28. The van der Waals surface area contributed by atoms with E-state index in [1.165, 1.54) is 11.3 Å². The molecule has 2 aromatic carbocycles. The minimum Gasteiger partial charge on any atom is -0.378 e. The molecule has 3 rings (SSSR count). The van der Waals surface area contributed by atoms with Crippen LogP contribution in [-0.4, -0.2) is 25.0 Å². The Morgan fingerprint density at radius 2 is 1.71 bits per heavy atom. The number of benzene rings is 2. The number of carbonyl (C=O) groups excluding carboxylic acids is 1. The van der Waals surface area contributed by atoms with Gasteiger partial charge in [-0.3, -0.25) is 4.79 Å². The number of carbonyl (C=O) groups is 1. The molecule has 3 aromatic rings. The van der Waals surface area contributed by atoms with Crippen LogP contribution in [0.5, 0.6) is 0 Å². The maximum absolute atomic E-state index is 12.5. The van der Waals surface area contributed by atoms with Crippen LogP contribution in [0, 0.1) is 6.92 Å². The first-order chi connectivity index (χ1) is 11.5. The van der Waals surface area contributed by atoms with Crippen molar-refractivity contribution in [2.24, 2.45) is 0 Å². The molecule has 4 nitrogen and oxygen atoms in total. The highest BCUT2D eigenvalue weighted by atomic mass is 32.1. The molecule has 122 valence electrons. The number of hydrogen-bond acceptors (Lipinski definition) is 4. The molecule has 0 spiro atoms. The maximum Gasteiger partial charge on any atom is 0.275 e. The number of nitrogens with one attached hydrogen (secondary N) is 1. The summed E-state index contributed by atoms with van der Waals surface area (Å²) in [5.41, 5.74) is 3.36. The monoisotopic (exact) mass is 337 g/mol. The van der Waals surface area contributed by atoms with Gasteiger partial charge in [-0.2, -0.15) is 0 Å². The van der Waals surface area contributed by atoms with Crippen molar-refractivity contribution in [2.75, 3.05) is 24.3 Å². The average molecular weight is 337 g/mol. The molecule has 0 unspecified atom stereocenters. The first kappa shape index (κ1) is 16.2. The highest BCUT2D eigenvalue weighted by Gasteiger charge is 2.16. The Hall–Kier alpha value is -2.66. The fourth-order valence-corrected chi connectivity index (χ4v) is 3.26. The van der Waals surface area contributed by atoms with Crippen LogP contribution in [-0.2, 0) is 0 Å². The van der Waals surface area contributed by atoms with Crippen LogP contribution in [0.15, 0.2) is 54.6 Å². The Balaban J connectivity index is 1.79. The number of anilines is 2. The summed E-state index contributed by atoms with van der Waals surface area (Å²) < 4.78 is 0. The quantitative estimate of drug-likeness (QED) is 0.765. The molecule has 0 saturated heterocycles. The van der Waals surface area contributed by atoms with Gasteiger partial charge in [-0.05, 0) is 31.2 Å². The second-order valence-electron chi connectivity index (χ2n) is 5.69. The molecule has 1 aromatic heterocycles. The van der Waals surface area contributed by atoms with E-state index in [0.717, 1.165) is 26.8 Å². The Kier molecular flexibility index (Phi) is 4.62. The number of aromatic nitrogens is 1. The van der Waals surface area contributed by atoms with E-state index in [1.807, 2.05) is 80.5 Å². The number of aryl methyl sites for hydroxylation is 1. The van der Waals surface area contributed by atoms with E-state index < -0.39 is 0 Å². The van der Waals surface area contributed by atoms with Gasteiger partial charge in [0.15, 0.2) is 0 Å². The lowest BCUT2D eigenvalue weighted by atomic mass is 10.2. The smallest absolute Gasteiger partial charge is 0.275 e. The summed E-state index contributed by atoms with van der Waals surface area (Å²) in [5.74, 6) is -0.177. The molecule has 1 N–H and O–H groups in total. The predicted molar refractivity (Wildman–Crippen MR) is 101 cm³/mol. The molecule has 1 amide bonds. The minimum atomic E-state index is -0.177. The van der Waals surface area contributed by atoms with Crippen LogP contribution in [0.1, 0.15) is 15.4 Å². The van der Waals surface area contributed by atoms with Gasteiger partial charge in [0, 0.05) is 35.9 Å². The van der Waals surface area contributed by atoms with Crippen molar-refractivity contribution in [3.05, 3.63) is 65.2 Å². The van der Waals surface area contributed by atoms with Gasteiger partial charge >= 0.3 is 0 Å². The molecule has 0 aliphatic heterocycles. The molecular weight excluding hydrogens is 318 g/mol. The van der Waals surface area contributed by atoms with E-state index in [2.05, 4.69) is 10.3 Å². The van der Waals surface area contributed by atoms with Crippen LogP contribution < -0.4 is 10.2 Å². The van der Waals surface area contributed by atoms with E-state index >= 15 is 0 Å². The van der Waals surface area contributed by atoms with E-state index in [-0.39, 0.29) is 5.91 Å². The lowest BCUT2D eigenvalue weighted by Crippen LogP contribution is -2.14. The summed E-state index contributed by atoms with van der Waals surface area (Å²) in [6, 6.07) is 17.6. The SMILES string of the molecule is Cc1sc(-c2ccccc2)nc1C(=O)Nc1ccc(N(C)C)cc1. The van der Waals surface area contributed by atoms with Crippen molar-refractivity contribution < 1.29 is 4.79 Å². The Bertz CT molecular complexity index is 839. The third kappa shape index (κ3) is 3.46. The Labute approximate surface area is 145 Å². The fourth-order valence-electron chi connectivity index (χ4n) is 2.34. The predicted octanol–water partition coefficient (Wildman–Crippen LogP) is 4.44. The summed E-state index contributed by atoms with van der Waals surface area (Å²) >= 11 is 1.53. The number of hydrogen-bond donors (Lipinski definition) is 1. The third-order valence-corrected chi connectivity index (χ3v) is 4.69. The van der Waals surface area contributed by atoms with Gasteiger partial charge < -0.3 is 10.2 Å². The Morgan fingerprint density at radius 3 is 2.33 bits per heavy atom. The van der Waals surface area contributed by atoms with Gasteiger partial charge in [0.2, 0.25) is 0 Å². The summed E-state index contributed by atoms with van der Waals surface area (Å²) in [7, 11) is 3.97. The largest absolute Gasteiger partial charge is 0.378 e. The zero-order chi connectivity index (χ0) is 17.1. The molecule has 0 atom stereocenters. The number of nitrogens with zero attached hydrogens (tertiary/aromatic N) is 2. The molecule has 0 aliphatic carbocycles. The molecule has 0 saturated carbocycles. The molecule has 0 radical (unpaired) electrons. The average Bonchev–Trinajstić information content (AvgIpc) is 2.98. The summed E-state index contributed by atoms with van der Waals surface area (Å²) in [4.78, 5) is 20.0. The molecular formula is C19H19N3OS. The van der Waals surface area contributed by atoms with Crippen molar-refractivity contribution in [1.82, 2.24) is 4.98 Å². The minimum absolute atomic E-state index is 0.177. The molecule has 24 heavy (non-hydrogen) atoms. The molecule has 0 aliphatic rings. The van der Waals surface area contributed by atoms with E-state index in [4.69, 9.17) is 0 Å². The number of thiazole rings is 1. The lowest BCUT2D eigenvalue weighted by Gasteiger charge is -2.12. The van der Waals surface area contributed by atoms with E-state index in [1.54, 1.807) is 0 Å². The topological polar surface area (TPSA) is 45.2 Å². The molecule has 0 fully saturated rings. The maximum atomic E-state index is 12.5. The zero-order valence-corrected chi connectivity index (χ0v) is 14.7. The number of amides is 1. The first-order valence-corrected chi connectivity index (χ1v) is 8.48. The summed E-state index contributed by atoms with van der Waals surface area (Å²) in [6.07, 6.45) is 0.